The minimum atomic E-state index is -1.19. The van der Waals surface area contributed by atoms with E-state index in [1.54, 1.807) is 0 Å². The number of carboxylic acids is 2. The number of alkyl halides is 1. The first-order valence-electron chi connectivity index (χ1n) is 6.58. The molecule has 0 aliphatic rings. The first kappa shape index (κ1) is 20.6. The molecule has 0 saturated heterocycles. The minimum Gasteiger partial charge on any atom is -0.481 e. The van der Waals surface area contributed by atoms with E-state index in [4.69, 9.17) is 10.2 Å². The Kier molecular flexibility index (Phi) is 7.56. The number of aliphatic carboxylic acids is 2. The molecule has 0 fully saturated rings. The summed E-state index contributed by atoms with van der Waals surface area (Å²) >= 11 is 2.79. The van der Waals surface area contributed by atoms with Crippen LogP contribution in [0.15, 0.2) is 36.4 Å². The van der Waals surface area contributed by atoms with Gasteiger partial charge in [0.15, 0.2) is 0 Å². The van der Waals surface area contributed by atoms with Gasteiger partial charge in [0.05, 0.1) is 6.42 Å². The van der Waals surface area contributed by atoms with E-state index < -0.39 is 40.0 Å². The van der Waals surface area contributed by atoms with Crippen LogP contribution in [0.3, 0.4) is 0 Å². The molecule has 2 N–H and O–H groups in total. The zero-order valence-corrected chi connectivity index (χ0v) is 13.9. The molecule has 0 aromatic heterocycles. The first-order chi connectivity index (χ1) is 11.6. The Hall–Kier alpha value is -2.42. The van der Waals surface area contributed by atoms with Crippen molar-refractivity contribution in [2.75, 3.05) is 0 Å². The number of rotatable bonds is 4. The Morgan fingerprint density at radius 1 is 0.840 bits per heavy atom. The largest absolute Gasteiger partial charge is 0.481 e. The van der Waals surface area contributed by atoms with Gasteiger partial charge in [0, 0.05) is 12.1 Å². The molecule has 0 saturated carbocycles. The molecule has 0 spiro atoms. The predicted molar refractivity (Wildman–Crippen MR) is 83.4 cm³/mol. The van der Waals surface area contributed by atoms with Crippen molar-refractivity contribution in [3.63, 3.8) is 0 Å². The molecule has 1 unspecified atom stereocenters. The molecule has 0 aliphatic heterocycles. The summed E-state index contributed by atoms with van der Waals surface area (Å²) in [4.78, 5) is 19.5. The average Bonchev–Trinajstić information content (AvgIpc) is 2.44. The lowest BCUT2D eigenvalue weighted by atomic mass is 10.1. The molecule has 2 aromatic rings. The highest BCUT2D eigenvalue weighted by Crippen LogP contribution is 2.24. The number of carboxylic acid groups (broad SMARTS) is 2. The Morgan fingerprint density at radius 2 is 1.24 bits per heavy atom. The van der Waals surface area contributed by atoms with E-state index in [9.17, 15) is 27.2 Å². The van der Waals surface area contributed by atoms with Gasteiger partial charge in [0.1, 0.15) is 28.1 Å². The van der Waals surface area contributed by atoms with Gasteiger partial charge in [-0.05, 0) is 35.4 Å². The van der Waals surface area contributed by atoms with E-state index in [0.717, 1.165) is 24.3 Å². The van der Waals surface area contributed by atoms with E-state index in [1.165, 1.54) is 0 Å². The van der Waals surface area contributed by atoms with E-state index >= 15 is 0 Å². The van der Waals surface area contributed by atoms with Crippen molar-refractivity contribution in [3.05, 3.63) is 70.8 Å². The van der Waals surface area contributed by atoms with E-state index in [0.29, 0.717) is 12.1 Å². The monoisotopic (exact) mass is 422 g/mol. The fourth-order valence-corrected chi connectivity index (χ4v) is 2.02. The highest BCUT2D eigenvalue weighted by molar-refractivity contribution is 9.09. The van der Waals surface area contributed by atoms with Crippen LogP contribution in [-0.4, -0.2) is 22.2 Å². The number of hydrogen-bond donors (Lipinski definition) is 2. The van der Waals surface area contributed by atoms with Crippen LogP contribution >= 0.6 is 15.9 Å². The Balaban J connectivity index is 0.000000251. The van der Waals surface area contributed by atoms with Gasteiger partial charge < -0.3 is 10.2 Å². The lowest BCUT2D eigenvalue weighted by Gasteiger charge is -2.04. The summed E-state index contributed by atoms with van der Waals surface area (Å²) in [5.74, 6) is -5.40. The normalized spacial score (nSPS) is 11.2. The molecule has 2 aromatic carbocycles. The number of benzene rings is 2. The van der Waals surface area contributed by atoms with Gasteiger partial charge in [0.25, 0.3) is 0 Å². The van der Waals surface area contributed by atoms with Crippen LogP contribution in [-0.2, 0) is 16.0 Å². The van der Waals surface area contributed by atoms with Gasteiger partial charge in [-0.15, -0.1) is 0 Å². The zero-order chi connectivity index (χ0) is 19.1. The van der Waals surface area contributed by atoms with Crippen LogP contribution in [0.2, 0.25) is 0 Å². The smallest absolute Gasteiger partial charge is 0.321 e. The van der Waals surface area contributed by atoms with Crippen LogP contribution in [0.25, 0.3) is 0 Å². The van der Waals surface area contributed by atoms with Crippen molar-refractivity contribution in [1.82, 2.24) is 0 Å². The molecule has 0 bridgehead atoms. The van der Waals surface area contributed by atoms with Crippen molar-refractivity contribution >= 4 is 27.9 Å². The third-order valence-corrected chi connectivity index (χ3v) is 3.59. The molecule has 0 amide bonds. The highest BCUT2D eigenvalue weighted by Gasteiger charge is 2.17. The fourth-order valence-electron chi connectivity index (χ4n) is 1.75. The van der Waals surface area contributed by atoms with E-state index in [1.807, 2.05) is 0 Å². The second-order valence-electron chi connectivity index (χ2n) is 4.75. The van der Waals surface area contributed by atoms with Crippen molar-refractivity contribution in [2.24, 2.45) is 0 Å². The van der Waals surface area contributed by atoms with Crippen molar-refractivity contribution in [3.8, 4) is 0 Å². The quantitative estimate of drug-likeness (QED) is 0.575. The van der Waals surface area contributed by atoms with Crippen molar-refractivity contribution in [1.29, 1.82) is 0 Å². The number of halogens is 5. The molecular weight excluding hydrogens is 412 g/mol. The molecule has 4 nitrogen and oxygen atoms in total. The molecule has 0 heterocycles. The maximum absolute atomic E-state index is 12.6. The molecule has 134 valence electrons. The Bertz CT molecular complexity index is 742. The van der Waals surface area contributed by atoms with Crippen LogP contribution in [0.1, 0.15) is 16.0 Å². The van der Waals surface area contributed by atoms with Crippen LogP contribution in [0.4, 0.5) is 17.6 Å². The lowest BCUT2D eigenvalue weighted by molar-refractivity contribution is -0.137. The summed E-state index contributed by atoms with van der Waals surface area (Å²) < 4.78 is 50.1. The van der Waals surface area contributed by atoms with Gasteiger partial charge in [-0.2, -0.15) is 0 Å². The highest BCUT2D eigenvalue weighted by atomic mass is 79.9. The van der Waals surface area contributed by atoms with Crippen LogP contribution in [0.5, 0.6) is 0 Å². The summed E-state index contributed by atoms with van der Waals surface area (Å²) in [7, 11) is 0. The van der Waals surface area contributed by atoms with Crippen LogP contribution in [0, 0.1) is 23.3 Å². The number of hydrogen-bond acceptors (Lipinski definition) is 2. The summed E-state index contributed by atoms with van der Waals surface area (Å²) in [6, 6.07) is 5.32. The molecule has 0 radical (unpaired) electrons. The fraction of sp³-hybridized carbons (Fsp3) is 0.125. The van der Waals surface area contributed by atoms with Gasteiger partial charge >= 0.3 is 11.9 Å². The SMILES string of the molecule is O=C(O)C(Br)c1cc(F)cc(F)c1.O=C(O)Cc1cc(F)cc(F)c1. The Morgan fingerprint density at radius 3 is 1.60 bits per heavy atom. The van der Waals surface area contributed by atoms with Gasteiger partial charge in [-0.3, -0.25) is 9.59 Å². The summed E-state index contributed by atoms with van der Waals surface area (Å²) in [5, 5.41) is 16.8. The summed E-state index contributed by atoms with van der Waals surface area (Å²) in [6.45, 7) is 0. The number of carbonyl (C=O) groups is 2. The second-order valence-corrected chi connectivity index (χ2v) is 5.67. The lowest BCUT2D eigenvalue weighted by Crippen LogP contribution is -2.05. The molecule has 9 heteroatoms. The maximum atomic E-state index is 12.6. The summed E-state index contributed by atoms with van der Waals surface area (Å²) in [6.07, 6.45) is -0.366. The van der Waals surface area contributed by atoms with Gasteiger partial charge in [0.2, 0.25) is 0 Å². The summed E-state index contributed by atoms with van der Waals surface area (Å²) in [5.41, 5.74) is 0.171. The predicted octanol–water partition coefficient (Wildman–Crippen LogP) is 4.08. The molecule has 25 heavy (non-hydrogen) atoms. The maximum Gasteiger partial charge on any atom is 0.321 e. The first-order valence-corrected chi connectivity index (χ1v) is 7.49. The van der Waals surface area contributed by atoms with Gasteiger partial charge in [-0.1, -0.05) is 15.9 Å². The standard InChI is InChI=1S/C8H5BrF2O2.C8H6F2O2/c9-7(8(12)13)4-1-5(10)3-6(11)2-4;9-6-1-5(3-8(11)12)2-7(10)4-6/h1-3,7H,(H,12,13);1-2,4H,3H2,(H,11,12). The minimum absolute atomic E-state index is 0.0463. The second kappa shape index (κ2) is 9.16. The Labute approximate surface area is 147 Å². The zero-order valence-electron chi connectivity index (χ0n) is 12.3. The average molecular weight is 423 g/mol. The van der Waals surface area contributed by atoms with Crippen LogP contribution < -0.4 is 0 Å². The molecule has 1 atom stereocenters. The van der Waals surface area contributed by atoms with Gasteiger partial charge in [-0.25, -0.2) is 17.6 Å². The molecule has 0 aliphatic carbocycles. The third-order valence-electron chi connectivity index (χ3n) is 2.67. The van der Waals surface area contributed by atoms with Crippen molar-refractivity contribution < 1.29 is 37.4 Å². The van der Waals surface area contributed by atoms with E-state index in [-0.39, 0.29) is 17.5 Å². The van der Waals surface area contributed by atoms with Crippen molar-refractivity contribution in [2.45, 2.75) is 11.2 Å². The molecule has 2 rings (SSSR count). The molecular formula is C16H11BrF4O4. The topological polar surface area (TPSA) is 74.6 Å². The third kappa shape index (κ3) is 7.34. The van der Waals surface area contributed by atoms with E-state index in [2.05, 4.69) is 15.9 Å².